The van der Waals surface area contributed by atoms with Crippen LogP contribution in [0.2, 0.25) is 0 Å². The van der Waals surface area contributed by atoms with E-state index in [0.717, 1.165) is 23.8 Å². The quantitative estimate of drug-likeness (QED) is 0.148. The van der Waals surface area contributed by atoms with Gasteiger partial charge in [-0.15, -0.1) is 10.2 Å². The summed E-state index contributed by atoms with van der Waals surface area (Å²) in [7, 11) is -13.6. The molecule has 3 aromatic carbocycles. The molecule has 0 fully saturated rings. The molecule has 18 heteroatoms. The van der Waals surface area contributed by atoms with Gasteiger partial charge in [0.25, 0.3) is 10.1 Å². The minimum absolute atomic E-state index is 0.0991. The zero-order chi connectivity index (χ0) is 29.0. The standard InChI is InChI=1S/C21H22N6O9S3/c1-13-2-4-14(5-3-13)24-26-17-12-18(38(30,31)32)20(23)21(19(17)22)27-25-15-6-8-16(9-7-15)37(28,29)11-10-36-39(33,34)35/h2-9,12H,10-11,22-23H2,1H3,(H,30,31,32)(H,33,34,35). The first-order valence-corrected chi connectivity index (χ1v) is 15.1. The molecule has 0 aliphatic carbocycles. The highest BCUT2D eigenvalue weighted by Gasteiger charge is 2.22. The summed E-state index contributed by atoms with van der Waals surface area (Å²) in [6.07, 6.45) is 0. The summed E-state index contributed by atoms with van der Waals surface area (Å²) < 4.78 is 91.7. The average Bonchev–Trinajstić information content (AvgIpc) is 2.83. The molecule has 0 heterocycles. The maximum absolute atomic E-state index is 12.3. The molecule has 15 nitrogen and oxygen atoms in total. The van der Waals surface area contributed by atoms with Crippen LogP contribution in [0.1, 0.15) is 5.56 Å². The molecule has 0 unspecified atom stereocenters. The highest BCUT2D eigenvalue weighted by Crippen LogP contribution is 2.43. The molecular formula is C21H22N6O9S3. The van der Waals surface area contributed by atoms with Crippen LogP contribution in [0, 0.1) is 6.92 Å². The van der Waals surface area contributed by atoms with Crippen molar-refractivity contribution in [3.63, 3.8) is 0 Å². The molecule has 0 aromatic heterocycles. The van der Waals surface area contributed by atoms with Gasteiger partial charge >= 0.3 is 10.4 Å². The summed E-state index contributed by atoms with van der Waals surface area (Å²) in [5.74, 6) is -0.733. The maximum Gasteiger partial charge on any atom is 0.397 e. The van der Waals surface area contributed by atoms with Gasteiger partial charge in [0.2, 0.25) is 0 Å². The molecular weight excluding hydrogens is 576 g/mol. The van der Waals surface area contributed by atoms with E-state index in [-0.39, 0.29) is 27.6 Å². The number of sulfone groups is 1. The second-order valence-corrected chi connectivity index (χ2v) is 12.4. The first-order valence-electron chi connectivity index (χ1n) is 10.6. The number of rotatable bonds is 10. The summed E-state index contributed by atoms with van der Waals surface area (Å²) in [4.78, 5) is -0.927. The van der Waals surface area contributed by atoms with Gasteiger partial charge in [-0.1, -0.05) is 17.7 Å². The maximum atomic E-state index is 12.3. The number of aryl methyl sites for hydroxylation is 1. The zero-order valence-corrected chi connectivity index (χ0v) is 22.5. The van der Waals surface area contributed by atoms with Crippen molar-refractivity contribution in [1.29, 1.82) is 0 Å². The van der Waals surface area contributed by atoms with Gasteiger partial charge in [-0.3, -0.25) is 9.11 Å². The Labute approximate surface area is 223 Å². The van der Waals surface area contributed by atoms with E-state index in [4.69, 9.17) is 16.0 Å². The molecule has 0 radical (unpaired) electrons. The van der Waals surface area contributed by atoms with Gasteiger partial charge in [0, 0.05) is 0 Å². The van der Waals surface area contributed by atoms with Crippen molar-refractivity contribution in [2.75, 3.05) is 23.8 Å². The van der Waals surface area contributed by atoms with E-state index in [1.54, 1.807) is 24.3 Å². The number of nitrogens with zero attached hydrogens (tertiary/aromatic N) is 4. The van der Waals surface area contributed by atoms with Crippen molar-refractivity contribution >= 4 is 64.5 Å². The smallest absolute Gasteiger partial charge is 0.396 e. The van der Waals surface area contributed by atoms with Gasteiger partial charge in [-0.25, -0.2) is 12.6 Å². The number of hydrogen-bond donors (Lipinski definition) is 4. The largest absolute Gasteiger partial charge is 0.397 e. The second kappa shape index (κ2) is 11.5. The summed E-state index contributed by atoms with van der Waals surface area (Å²) in [5.41, 5.74) is 12.3. The molecule has 0 spiro atoms. The highest BCUT2D eigenvalue weighted by molar-refractivity contribution is 7.91. The fourth-order valence-corrected chi connectivity index (χ4v) is 5.11. The molecule has 208 valence electrons. The van der Waals surface area contributed by atoms with Crippen LogP contribution in [0.15, 0.2) is 84.8 Å². The minimum Gasteiger partial charge on any atom is -0.396 e. The zero-order valence-electron chi connectivity index (χ0n) is 20.0. The number of hydrogen-bond acceptors (Lipinski definition) is 13. The van der Waals surface area contributed by atoms with Gasteiger partial charge < -0.3 is 11.5 Å². The van der Waals surface area contributed by atoms with Crippen molar-refractivity contribution in [3.05, 3.63) is 60.2 Å². The van der Waals surface area contributed by atoms with Gasteiger partial charge in [-0.05, 0) is 49.4 Å². The first kappa shape index (κ1) is 29.7. The lowest BCUT2D eigenvalue weighted by atomic mass is 10.2. The van der Waals surface area contributed by atoms with Crippen LogP contribution >= 0.6 is 0 Å². The summed E-state index contributed by atoms with van der Waals surface area (Å²) in [5, 5.41) is 15.7. The predicted octanol–water partition coefficient (Wildman–Crippen LogP) is 3.83. The first-order chi connectivity index (χ1) is 18.1. The molecule has 0 aliphatic heterocycles. The van der Waals surface area contributed by atoms with Crippen molar-refractivity contribution in [1.82, 2.24) is 0 Å². The lowest BCUT2D eigenvalue weighted by Crippen LogP contribution is -2.15. The molecule has 3 rings (SSSR count). The Balaban J connectivity index is 1.93. The van der Waals surface area contributed by atoms with Gasteiger partial charge in [0.1, 0.15) is 16.3 Å². The Morgan fingerprint density at radius 2 is 1.31 bits per heavy atom. The molecule has 0 saturated carbocycles. The van der Waals surface area contributed by atoms with Gasteiger partial charge in [-0.2, -0.15) is 27.1 Å². The van der Waals surface area contributed by atoms with Crippen LogP contribution in [0.4, 0.5) is 34.1 Å². The summed E-state index contributed by atoms with van der Waals surface area (Å²) in [6, 6.07) is 12.6. The molecule has 0 atom stereocenters. The van der Waals surface area contributed by atoms with E-state index in [1.165, 1.54) is 12.1 Å². The number of anilines is 2. The van der Waals surface area contributed by atoms with E-state index in [1.807, 2.05) is 6.92 Å². The van der Waals surface area contributed by atoms with Gasteiger partial charge in [0.05, 0.1) is 40.0 Å². The lowest BCUT2D eigenvalue weighted by Gasteiger charge is -2.10. The topological polar surface area (TPSA) is 254 Å². The summed E-state index contributed by atoms with van der Waals surface area (Å²) >= 11 is 0. The Morgan fingerprint density at radius 3 is 1.85 bits per heavy atom. The molecule has 39 heavy (non-hydrogen) atoms. The molecule has 0 bridgehead atoms. The van der Waals surface area contributed by atoms with E-state index in [9.17, 15) is 29.8 Å². The van der Waals surface area contributed by atoms with Crippen molar-refractivity contribution < 1.29 is 38.5 Å². The minimum atomic E-state index is -4.82. The SMILES string of the molecule is Cc1ccc(N=Nc2cc(S(=O)(=O)O)c(N)c(N=Nc3ccc(S(=O)(=O)CCOS(=O)(=O)O)cc3)c2N)cc1. The highest BCUT2D eigenvalue weighted by atomic mass is 32.3. The fraction of sp³-hybridized carbons (Fsp3) is 0.143. The molecule has 0 aliphatic rings. The van der Waals surface area contributed by atoms with E-state index in [2.05, 4.69) is 24.6 Å². The molecule has 6 N–H and O–H groups in total. The van der Waals surface area contributed by atoms with Crippen LogP contribution in [0.5, 0.6) is 0 Å². The third-order valence-corrected chi connectivity index (χ3v) is 8.00. The Bertz CT molecular complexity index is 1750. The lowest BCUT2D eigenvalue weighted by molar-refractivity contribution is 0.284. The van der Waals surface area contributed by atoms with E-state index in [0.29, 0.717) is 5.69 Å². The third-order valence-electron chi connectivity index (χ3n) is 4.95. The number of nitrogen functional groups attached to an aromatic ring is 2. The van der Waals surface area contributed by atoms with Crippen molar-refractivity contribution in [2.24, 2.45) is 20.5 Å². The van der Waals surface area contributed by atoms with E-state index >= 15 is 0 Å². The second-order valence-electron chi connectivity index (χ2n) is 7.84. The Hall–Kier alpha value is -3.81. The monoisotopic (exact) mass is 598 g/mol. The van der Waals surface area contributed by atoms with Crippen LogP contribution < -0.4 is 11.5 Å². The van der Waals surface area contributed by atoms with E-state index < -0.39 is 53.3 Å². The molecule has 3 aromatic rings. The van der Waals surface area contributed by atoms with Crippen molar-refractivity contribution in [3.8, 4) is 0 Å². The van der Waals surface area contributed by atoms with Crippen LogP contribution in [-0.4, -0.2) is 46.7 Å². The van der Waals surface area contributed by atoms with Crippen LogP contribution in [-0.2, 0) is 34.5 Å². The molecule has 0 saturated heterocycles. The van der Waals surface area contributed by atoms with Crippen LogP contribution in [0.3, 0.4) is 0 Å². The fourth-order valence-electron chi connectivity index (χ4n) is 2.98. The summed E-state index contributed by atoms with van der Waals surface area (Å²) in [6.45, 7) is 1.08. The van der Waals surface area contributed by atoms with Crippen molar-refractivity contribution in [2.45, 2.75) is 16.7 Å². The van der Waals surface area contributed by atoms with Crippen LogP contribution in [0.25, 0.3) is 0 Å². The normalized spacial score (nSPS) is 12.9. The number of azo groups is 2. The number of nitrogens with two attached hydrogens (primary N) is 2. The Morgan fingerprint density at radius 1 is 0.769 bits per heavy atom. The van der Waals surface area contributed by atoms with Gasteiger partial charge in [0.15, 0.2) is 9.84 Å². The number of benzene rings is 3. The average molecular weight is 599 g/mol. The molecule has 0 amide bonds. The third kappa shape index (κ3) is 8.09. The predicted molar refractivity (Wildman–Crippen MR) is 141 cm³/mol. The Kier molecular flexibility index (Phi) is 8.78.